The molecule has 0 aliphatic carbocycles. The molecule has 2 heteroatoms. The van der Waals surface area contributed by atoms with Crippen LogP contribution in [0.25, 0.3) is 0 Å². The van der Waals surface area contributed by atoms with Gasteiger partial charge in [-0.1, -0.05) is 19.1 Å². The standard InChI is InChI=1S/C10H13NO/c1-3-9-4-6-10(7-5-9)8-11(2)12/h4-8H,3H2,1-2H3. The minimum absolute atomic E-state index is 0.807. The van der Waals surface area contributed by atoms with Crippen LogP contribution < -0.4 is 0 Å². The van der Waals surface area contributed by atoms with Crippen molar-refractivity contribution in [3.63, 3.8) is 0 Å². The van der Waals surface area contributed by atoms with E-state index >= 15 is 0 Å². The predicted octanol–water partition coefficient (Wildman–Crippen LogP) is 1.81. The van der Waals surface area contributed by atoms with Crippen LogP contribution in [0.4, 0.5) is 0 Å². The average Bonchev–Trinajstić information content (AvgIpc) is 2.05. The van der Waals surface area contributed by atoms with Gasteiger partial charge in [0.15, 0.2) is 6.21 Å². The van der Waals surface area contributed by atoms with Gasteiger partial charge >= 0.3 is 0 Å². The molecule has 0 atom stereocenters. The number of hydroxylamine groups is 1. The van der Waals surface area contributed by atoms with E-state index in [0.29, 0.717) is 0 Å². The van der Waals surface area contributed by atoms with Gasteiger partial charge in [-0.3, -0.25) is 0 Å². The van der Waals surface area contributed by atoms with Gasteiger partial charge in [-0.15, -0.1) is 0 Å². The Kier molecular flexibility index (Phi) is 2.86. The highest BCUT2D eigenvalue weighted by atomic mass is 16.5. The fourth-order valence-corrected chi connectivity index (χ4v) is 1.05. The second kappa shape index (κ2) is 3.90. The molecule has 1 aromatic rings. The second-order valence-electron chi connectivity index (χ2n) is 2.77. The summed E-state index contributed by atoms with van der Waals surface area (Å²) in [7, 11) is 1.48. The monoisotopic (exact) mass is 163 g/mol. The maximum Gasteiger partial charge on any atom is 0.181 e. The number of hydrogen-bond donors (Lipinski definition) is 0. The Labute approximate surface area is 72.7 Å². The summed E-state index contributed by atoms with van der Waals surface area (Å²) in [4.78, 5) is 0. The van der Waals surface area contributed by atoms with Crippen molar-refractivity contribution in [3.05, 3.63) is 40.6 Å². The molecule has 0 aliphatic heterocycles. The zero-order chi connectivity index (χ0) is 8.97. The molecular weight excluding hydrogens is 150 g/mol. The lowest BCUT2D eigenvalue weighted by molar-refractivity contribution is -0.416. The number of aryl methyl sites for hydroxylation is 1. The van der Waals surface area contributed by atoms with E-state index in [2.05, 4.69) is 6.92 Å². The number of hydrogen-bond acceptors (Lipinski definition) is 1. The third-order valence-corrected chi connectivity index (χ3v) is 1.72. The van der Waals surface area contributed by atoms with Gasteiger partial charge in [0, 0.05) is 5.56 Å². The van der Waals surface area contributed by atoms with E-state index in [0.717, 1.165) is 16.7 Å². The van der Waals surface area contributed by atoms with Crippen molar-refractivity contribution in [1.82, 2.24) is 0 Å². The van der Waals surface area contributed by atoms with Crippen LogP contribution in [0, 0.1) is 5.21 Å². The first-order chi connectivity index (χ1) is 5.72. The number of benzene rings is 1. The molecule has 0 heterocycles. The zero-order valence-electron chi connectivity index (χ0n) is 7.45. The van der Waals surface area contributed by atoms with Crippen molar-refractivity contribution in [2.75, 3.05) is 7.05 Å². The van der Waals surface area contributed by atoms with Crippen molar-refractivity contribution in [3.8, 4) is 0 Å². The maximum absolute atomic E-state index is 10.6. The second-order valence-corrected chi connectivity index (χ2v) is 2.77. The molecule has 0 saturated carbocycles. The van der Waals surface area contributed by atoms with E-state index in [1.165, 1.54) is 12.6 Å². The molecule has 0 spiro atoms. The molecule has 0 fully saturated rings. The first-order valence-electron chi connectivity index (χ1n) is 4.06. The largest absolute Gasteiger partial charge is 0.624 e. The lowest BCUT2D eigenvalue weighted by Gasteiger charge is -1.97. The van der Waals surface area contributed by atoms with Crippen LogP contribution in [0.2, 0.25) is 0 Å². The lowest BCUT2D eigenvalue weighted by Crippen LogP contribution is -1.97. The highest BCUT2D eigenvalue weighted by Crippen LogP contribution is 2.02. The van der Waals surface area contributed by atoms with Crippen molar-refractivity contribution in [2.24, 2.45) is 0 Å². The van der Waals surface area contributed by atoms with Gasteiger partial charge in [-0.2, -0.15) is 0 Å². The zero-order valence-corrected chi connectivity index (χ0v) is 7.45. The topological polar surface area (TPSA) is 26.1 Å². The molecule has 0 saturated heterocycles. The fraction of sp³-hybridized carbons (Fsp3) is 0.300. The van der Waals surface area contributed by atoms with Gasteiger partial charge < -0.3 is 5.21 Å². The Morgan fingerprint density at radius 3 is 2.33 bits per heavy atom. The summed E-state index contributed by atoms with van der Waals surface area (Å²) in [6.07, 6.45) is 2.59. The third kappa shape index (κ3) is 2.38. The maximum atomic E-state index is 10.6. The molecule has 0 aliphatic rings. The molecule has 0 unspecified atom stereocenters. The molecule has 0 bridgehead atoms. The Balaban J connectivity index is 2.85. The molecule has 1 aromatic carbocycles. The Morgan fingerprint density at radius 2 is 1.92 bits per heavy atom. The van der Waals surface area contributed by atoms with Crippen LogP contribution in [-0.2, 0) is 6.42 Å². The molecule has 0 N–H and O–H groups in total. The molecule has 1 rings (SSSR count). The molecular formula is C10H13NO. The van der Waals surface area contributed by atoms with Crippen LogP contribution in [0.15, 0.2) is 24.3 Å². The molecule has 12 heavy (non-hydrogen) atoms. The van der Waals surface area contributed by atoms with Gasteiger partial charge in [-0.05, 0) is 24.1 Å². The van der Waals surface area contributed by atoms with Gasteiger partial charge in [0.1, 0.15) is 7.05 Å². The van der Waals surface area contributed by atoms with Crippen LogP contribution in [0.5, 0.6) is 0 Å². The summed E-state index contributed by atoms with van der Waals surface area (Å²) in [6.45, 7) is 2.11. The van der Waals surface area contributed by atoms with E-state index in [-0.39, 0.29) is 0 Å². The summed E-state index contributed by atoms with van der Waals surface area (Å²) in [6, 6.07) is 7.98. The van der Waals surface area contributed by atoms with Gasteiger partial charge in [0.05, 0.1) is 0 Å². The Hall–Kier alpha value is -1.31. The van der Waals surface area contributed by atoms with E-state index in [1.54, 1.807) is 6.21 Å². The molecule has 0 aromatic heterocycles. The van der Waals surface area contributed by atoms with Crippen molar-refractivity contribution in [1.29, 1.82) is 0 Å². The summed E-state index contributed by atoms with van der Waals surface area (Å²) >= 11 is 0. The minimum atomic E-state index is 0.807. The summed E-state index contributed by atoms with van der Waals surface area (Å²) in [5, 5.41) is 10.6. The number of nitrogens with zero attached hydrogens (tertiary/aromatic N) is 1. The lowest BCUT2D eigenvalue weighted by atomic mass is 10.1. The average molecular weight is 163 g/mol. The molecule has 64 valence electrons. The highest BCUT2D eigenvalue weighted by molar-refractivity contribution is 5.75. The van der Waals surface area contributed by atoms with Crippen LogP contribution in [0.1, 0.15) is 18.1 Å². The first-order valence-corrected chi connectivity index (χ1v) is 4.06. The Morgan fingerprint density at radius 1 is 1.33 bits per heavy atom. The number of rotatable bonds is 2. The fourth-order valence-electron chi connectivity index (χ4n) is 1.05. The van der Waals surface area contributed by atoms with Gasteiger partial charge in [0.2, 0.25) is 0 Å². The normalized spacial score (nSPS) is 11.7. The van der Waals surface area contributed by atoms with Gasteiger partial charge in [0.25, 0.3) is 0 Å². The van der Waals surface area contributed by atoms with Crippen LogP contribution >= 0.6 is 0 Å². The van der Waals surface area contributed by atoms with E-state index in [9.17, 15) is 5.21 Å². The summed E-state index contributed by atoms with van der Waals surface area (Å²) in [5.41, 5.74) is 2.24. The third-order valence-electron chi connectivity index (χ3n) is 1.72. The van der Waals surface area contributed by atoms with Gasteiger partial charge in [-0.25, -0.2) is 4.74 Å². The minimum Gasteiger partial charge on any atom is -0.624 e. The molecule has 0 amide bonds. The van der Waals surface area contributed by atoms with Crippen molar-refractivity contribution in [2.45, 2.75) is 13.3 Å². The van der Waals surface area contributed by atoms with Crippen molar-refractivity contribution >= 4 is 6.21 Å². The van der Waals surface area contributed by atoms with E-state index in [1.807, 2.05) is 24.3 Å². The summed E-state index contributed by atoms with van der Waals surface area (Å²) in [5.74, 6) is 0. The predicted molar refractivity (Wildman–Crippen MR) is 50.5 cm³/mol. The smallest absolute Gasteiger partial charge is 0.181 e. The van der Waals surface area contributed by atoms with Crippen LogP contribution in [0.3, 0.4) is 0 Å². The molecule has 0 radical (unpaired) electrons. The van der Waals surface area contributed by atoms with Crippen molar-refractivity contribution < 1.29 is 4.74 Å². The van der Waals surface area contributed by atoms with E-state index in [4.69, 9.17) is 0 Å². The quantitative estimate of drug-likeness (QED) is 0.282. The Bertz CT molecular complexity index is 270. The van der Waals surface area contributed by atoms with E-state index < -0.39 is 0 Å². The molecule has 2 nitrogen and oxygen atoms in total. The highest BCUT2D eigenvalue weighted by Gasteiger charge is 1.91. The summed E-state index contributed by atoms with van der Waals surface area (Å²) < 4.78 is 0.807. The first kappa shape index (κ1) is 8.78. The van der Waals surface area contributed by atoms with Crippen LogP contribution in [-0.4, -0.2) is 18.0 Å². The SMILES string of the molecule is CCc1ccc(C=[N+](C)[O-])cc1.